The summed E-state index contributed by atoms with van der Waals surface area (Å²) in [5, 5.41) is 9.62. The van der Waals surface area contributed by atoms with Gasteiger partial charge in [-0.3, -0.25) is 14.4 Å². The lowest BCUT2D eigenvalue weighted by molar-refractivity contribution is 0.100. The van der Waals surface area contributed by atoms with E-state index in [-0.39, 0.29) is 28.3 Å². The van der Waals surface area contributed by atoms with Crippen molar-refractivity contribution >= 4 is 17.5 Å². The van der Waals surface area contributed by atoms with E-state index < -0.39 is 17.2 Å². The van der Waals surface area contributed by atoms with E-state index in [1.807, 2.05) is 0 Å². The molecule has 0 spiro atoms. The summed E-state index contributed by atoms with van der Waals surface area (Å²) in [4.78, 5) is 37.3. The van der Waals surface area contributed by atoms with Crippen LogP contribution in [-0.4, -0.2) is 21.8 Å². The number of aromatic amines is 1. The SMILES string of the molecule is NC(=O)c1cc(C(=O)c2ccccc2O)c(=O)[nH]c1N. The van der Waals surface area contributed by atoms with Crippen LogP contribution < -0.4 is 17.0 Å². The summed E-state index contributed by atoms with van der Waals surface area (Å²) in [6.07, 6.45) is 0. The number of primary amides is 1. The van der Waals surface area contributed by atoms with Gasteiger partial charge in [-0.25, -0.2) is 0 Å². The Morgan fingerprint density at radius 2 is 1.75 bits per heavy atom. The van der Waals surface area contributed by atoms with Crippen molar-refractivity contribution in [3.05, 3.63) is 57.4 Å². The van der Waals surface area contributed by atoms with E-state index in [0.29, 0.717) is 0 Å². The molecular weight excluding hydrogens is 262 g/mol. The third-order valence-electron chi connectivity index (χ3n) is 2.73. The molecule has 6 N–H and O–H groups in total. The molecule has 102 valence electrons. The highest BCUT2D eigenvalue weighted by Gasteiger charge is 2.19. The topological polar surface area (TPSA) is 139 Å². The number of phenols is 1. The number of H-pyrrole nitrogens is 1. The number of carbonyl (C=O) groups is 2. The number of benzene rings is 1. The van der Waals surface area contributed by atoms with Gasteiger partial charge in [0.15, 0.2) is 0 Å². The predicted octanol–water partition coefficient (Wildman–Crippen LogP) is -0.00740. The summed E-state index contributed by atoms with van der Waals surface area (Å²) in [7, 11) is 0. The molecule has 20 heavy (non-hydrogen) atoms. The summed E-state index contributed by atoms with van der Waals surface area (Å²) in [6.45, 7) is 0. The zero-order valence-electron chi connectivity index (χ0n) is 10.2. The second-order valence-electron chi connectivity index (χ2n) is 4.05. The lowest BCUT2D eigenvalue weighted by atomic mass is 10.0. The second kappa shape index (κ2) is 4.88. The van der Waals surface area contributed by atoms with Gasteiger partial charge in [-0.2, -0.15) is 0 Å². The van der Waals surface area contributed by atoms with Gasteiger partial charge in [0.2, 0.25) is 5.78 Å². The number of hydrogen-bond acceptors (Lipinski definition) is 5. The number of para-hydroxylation sites is 1. The Kier molecular flexibility index (Phi) is 3.26. The Labute approximate surface area is 112 Å². The van der Waals surface area contributed by atoms with E-state index >= 15 is 0 Å². The van der Waals surface area contributed by atoms with Crippen LogP contribution in [0.2, 0.25) is 0 Å². The Morgan fingerprint density at radius 3 is 2.35 bits per heavy atom. The molecule has 0 aliphatic carbocycles. The second-order valence-corrected chi connectivity index (χ2v) is 4.05. The Hall–Kier alpha value is -3.09. The van der Waals surface area contributed by atoms with Crippen molar-refractivity contribution in [3.63, 3.8) is 0 Å². The van der Waals surface area contributed by atoms with Gasteiger partial charge in [-0.15, -0.1) is 0 Å². The number of pyridine rings is 1. The molecule has 0 bridgehead atoms. The fourth-order valence-corrected chi connectivity index (χ4v) is 1.73. The summed E-state index contributed by atoms with van der Waals surface area (Å²) in [5.74, 6) is -2.08. The van der Waals surface area contributed by atoms with Gasteiger partial charge in [0.25, 0.3) is 11.5 Å². The van der Waals surface area contributed by atoms with Gasteiger partial charge in [0.05, 0.1) is 16.7 Å². The fraction of sp³-hybridized carbons (Fsp3) is 0. The van der Waals surface area contributed by atoms with Gasteiger partial charge in [-0.05, 0) is 18.2 Å². The van der Waals surface area contributed by atoms with Gasteiger partial charge in [0.1, 0.15) is 11.6 Å². The van der Waals surface area contributed by atoms with Crippen molar-refractivity contribution in [1.29, 1.82) is 0 Å². The van der Waals surface area contributed by atoms with Gasteiger partial charge < -0.3 is 21.6 Å². The number of amides is 1. The molecule has 0 saturated carbocycles. The zero-order valence-corrected chi connectivity index (χ0v) is 10.2. The third kappa shape index (κ3) is 2.24. The summed E-state index contributed by atoms with van der Waals surface area (Å²) in [6, 6.07) is 6.76. The molecule has 0 fully saturated rings. The highest BCUT2D eigenvalue weighted by molar-refractivity contribution is 6.11. The smallest absolute Gasteiger partial charge is 0.260 e. The Balaban J connectivity index is 2.62. The average molecular weight is 273 g/mol. The molecule has 0 aliphatic heterocycles. The normalized spacial score (nSPS) is 10.2. The van der Waals surface area contributed by atoms with Crippen LogP contribution in [0.25, 0.3) is 0 Å². The maximum Gasteiger partial charge on any atom is 0.260 e. The summed E-state index contributed by atoms with van der Waals surface area (Å²) >= 11 is 0. The van der Waals surface area contributed by atoms with Crippen LogP contribution in [0.15, 0.2) is 35.1 Å². The van der Waals surface area contributed by atoms with Crippen molar-refractivity contribution in [2.75, 3.05) is 5.73 Å². The Bertz CT molecular complexity index is 764. The highest BCUT2D eigenvalue weighted by atomic mass is 16.3. The van der Waals surface area contributed by atoms with Crippen LogP contribution in [0.5, 0.6) is 5.75 Å². The average Bonchev–Trinajstić information content (AvgIpc) is 2.38. The van der Waals surface area contributed by atoms with E-state index in [9.17, 15) is 19.5 Å². The minimum absolute atomic E-state index is 0.0572. The number of nitrogens with one attached hydrogen (secondary N) is 1. The first-order valence-electron chi connectivity index (χ1n) is 5.57. The molecule has 0 radical (unpaired) electrons. The molecule has 2 rings (SSSR count). The number of aromatic hydroxyl groups is 1. The van der Waals surface area contributed by atoms with Crippen LogP contribution in [0.4, 0.5) is 5.82 Å². The first-order valence-corrected chi connectivity index (χ1v) is 5.57. The number of ketones is 1. The van der Waals surface area contributed by atoms with Crippen molar-refractivity contribution in [2.24, 2.45) is 5.73 Å². The lowest BCUT2D eigenvalue weighted by Gasteiger charge is -2.06. The quantitative estimate of drug-likeness (QED) is 0.582. The molecular formula is C13H11N3O4. The molecule has 1 aromatic carbocycles. The van der Waals surface area contributed by atoms with Crippen molar-refractivity contribution in [2.45, 2.75) is 0 Å². The summed E-state index contributed by atoms with van der Waals surface area (Å²) in [5.41, 5.74) is 9.23. The maximum absolute atomic E-state index is 12.2. The maximum atomic E-state index is 12.2. The number of hydrogen-bond donors (Lipinski definition) is 4. The molecule has 1 aromatic heterocycles. The standard InChI is InChI=1S/C13H11N3O4/c14-11-8(12(15)19)5-7(13(20)16-11)10(18)6-3-1-2-4-9(6)17/h1-5,17H,(H2,15,19)(H3,14,16,20). The van der Waals surface area contributed by atoms with Crippen LogP contribution in [-0.2, 0) is 0 Å². The van der Waals surface area contributed by atoms with E-state index in [1.165, 1.54) is 24.3 Å². The molecule has 0 atom stereocenters. The van der Waals surface area contributed by atoms with E-state index in [0.717, 1.165) is 6.07 Å². The minimum atomic E-state index is -0.870. The van der Waals surface area contributed by atoms with Crippen molar-refractivity contribution < 1.29 is 14.7 Å². The number of anilines is 1. The number of carbonyl (C=O) groups excluding carboxylic acids is 2. The molecule has 0 saturated heterocycles. The molecule has 2 aromatic rings. The van der Waals surface area contributed by atoms with Crippen molar-refractivity contribution in [3.8, 4) is 5.75 Å². The third-order valence-corrected chi connectivity index (χ3v) is 2.73. The number of aromatic nitrogens is 1. The first-order chi connectivity index (χ1) is 9.41. The fourth-order valence-electron chi connectivity index (χ4n) is 1.73. The monoisotopic (exact) mass is 273 g/mol. The lowest BCUT2D eigenvalue weighted by Crippen LogP contribution is -2.24. The van der Waals surface area contributed by atoms with E-state index in [1.54, 1.807) is 0 Å². The largest absolute Gasteiger partial charge is 0.507 e. The van der Waals surface area contributed by atoms with Crippen LogP contribution in [0, 0.1) is 0 Å². The number of phenolic OH excluding ortho intramolecular Hbond substituents is 1. The van der Waals surface area contributed by atoms with Crippen LogP contribution in [0.1, 0.15) is 26.3 Å². The molecule has 0 unspecified atom stereocenters. The first kappa shape index (κ1) is 13.3. The molecule has 7 heteroatoms. The van der Waals surface area contributed by atoms with Gasteiger partial charge >= 0.3 is 0 Å². The van der Waals surface area contributed by atoms with Gasteiger partial charge in [0, 0.05) is 0 Å². The number of nitrogens with two attached hydrogens (primary N) is 2. The van der Waals surface area contributed by atoms with Crippen molar-refractivity contribution in [1.82, 2.24) is 4.98 Å². The number of rotatable bonds is 3. The Morgan fingerprint density at radius 1 is 1.10 bits per heavy atom. The molecule has 1 amide bonds. The predicted molar refractivity (Wildman–Crippen MR) is 71.5 cm³/mol. The molecule has 7 nitrogen and oxygen atoms in total. The molecule has 1 heterocycles. The minimum Gasteiger partial charge on any atom is -0.507 e. The van der Waals surface area contributed by atoms with Crippen LogP contribution in [0.3, 0.4) is 0 Å². The van der Waals surface area contributed by atoms with Crippen LogP contribution >= 0.6 is 0 Å². The van der Waals surface area contributed by atoms with E-state index in [2.05, 4.69) is 4.98 Å². The number of nitrogen functional groups attached to an aromatic ring is 1. The van der Waals surface area contributed by atoms with E-state index in [4.69, 9.17) is 11.5 Å². The summed E-state index contributed by atoms with van der Waals surface area (Å²) < 4.78 is 0. The zero-order chi connectivity index (χ0) is 14.9. The highest BCUT2D eigenvalue weighted by Crippen LogP contribution is 2.19. The van der Waals surface area contributed by atoms with Gasteiger partial charge in [-0.1, -0.05) is 12.1 Å². The molecule has 0 aliphatic rings.